The minimum atomic E-state index is -0.162. The van der Waals surface area contributed by atoms with Gasteiger partial charge in [-0.05, 0) is 72.8 Å². The fourth-order valence-corrected chi connectivity index (χ4v) is 6.77. The topological polar surface area (TPSA) is 57.3 Å². The first-order valence-corrected chi connectivity index (χ1v) is 15.3. The number of carbonyl (C=O) groups excluding carboxylic acids is 1. The molecule has 1 N–H and O–H groups in total. The third-order valence-electron chi connectivity index (χ3n) is 8.72. The number of piperidine rings is 1. The number of nitrogens with one attached hydrogen (secondary N) is 1. The SMILES string of the molecule is O=C(CC[C@H]1CN(Cc2cccc(Cl)c2)CC[C@H]1N1CCN(c2ccccc2F)CC1)NCc1ccc2c(c1)OCO2. The van der Waals surface area contributed by atoms with Crippen LogP contribution in [0.4, 0.5) is 10.1 Å². The fraction of sp³-hybridized carbons (Fsp3) is 0.424. The maximum atomic E-state index is 14.4. The highest BCUT2D eigenvalue weighted by atomic mass is 35.5. The van der Waals surface area contributed by atoms with Crippen LogP contribution >= 0.6 is 11.6 Å². The minimum absolute atomic E-state index is 0.0581. The van der Waals surface area contributed by atoms with Crippen LogP contribution in [-0.4, -0.2) is 67.8 Å². The highest BCUT2D eigenvalue weighted by Crippen LogP contribution is 2.33. The van der Waals surface area contributed by atoms with Gasteiger partial charge in [0.05, 0.1) is 5.69 Å². The Hall–Kier alpha value is -3.33. The fourth-order valence-electron chi connectivity index (χ4n) is 6.56. The van der Waals surface area contributed by atoms with E-state index in [4.69, 9.17) is 21.1 Å². The number of amides is 1. The van der Waals surface area contributed by atoms with Crippen LogP contribution in [0, 0.1) is 11.7 Å². The van der Waals surface area contributed by atoms with Gasteiger partial charge in [0.1, 0.15) is 5.82 Å². The average Bonchev–Trinajstić information content (AvgIpc) is 3.48. The van der Waals surface area contributed by atoms with Crippen LogP contribution in [0.2, 0.25) is 5.02 Å². The lowest BCUT2D eigenvalue weighted by Gasteiger charge is -2.47. The van der Waals surface area contributed by atoms with Gasteiger partial charge in [-0.15, -0.1) is 0 Å². The number of fused-ring (bicyclic) bond motifs is 1. The van der Waals surface area contributed by atoms with Crippen molar-refractivity contribution in [2.24, 2.45) is 5.92 Å². The first kappa shape index (κ1) is 28.8. The number of rotatable bonds is 9. The van der Waals surface area contributed by atoms with Gasteiger partial charge in [0.15, 0.2) is 11.5 Å². The summed E-state index contributed by atoms with van der Waals surface area (Å²) in [4.78, 5) is 20.2. The van der Waals surface area contributed by atoms with Gasteiger partial charge >= 0.3 is 0 Å². The second kappa shape index (κ2) is 13.3. The van der Waals surface area contributed by atoms with Gasteiger partial charge < -0.3 is 19.7 Å². The molecular formula is C33H38ClFN4O3. The summed E-state index contributed by atoms with van der Waals surface area (Å²) in [6.45, 7) is 6.85. The van der Waals surface area contributed by atoms with E-state index in [2.05, 4.69) is 26.1 Å². The second-order valence-electron chi connectivity index (χ2n) is 11.5. The minimum Gasteiger partial charge on any atom is -0.454 e. The predicted octanol–water partition coefficient (Wildman–Crippen LogP) is 5.32. The molecule has 3 aromatic carbocycles. The highest BCUT2D eigenvalue weighted by Gasteiger charge is 2.35. The summed E-state index contributed by atoms with van der Waals surface area (Å²) in [5.74, 6) is 1.72. The molecule has 42 heavy (non-hydrogen) atoms. The van der Waals surface area contributed by atoms with Crippen LogP contribution in [0.5, 0.6) is 11.5 Å². The second-order valence-corrected chi connectivity index (χ2v) is 11.9. The number of para-hydroxylation sites is 1. The lowest BCUT2D eigenvalue weighted by Crippen LogP contribution is -2.56. The molecule has 6 rings (SSSR count). The van der Waals surface area contributed by atoms with E-state index >= 15 is 0 Å². The molecular weight excluding hydrogens is 555 g/mol. The Labute approximate surface area is 252 Å². The molecule has 0 aromatic heterocycles. The van der Waals surface area contributed by atoms with Crippen molar-refractivity contribution < 1.29 is 18.7 Å². The molecule has 0 radical (unpaired) electrons. The number of benzene rings is 3. The molecule has 9 heteroatoms. The number of hydrogen-bond donors (Lipinski definition) is 1. The number of anilines is 1. The van der Waals surface area contributed by atoms with Crippen molar-refractivity contribution in [1.82, 2.24) is 15.1 Å². The molecule has 2 fully saturated rings. The van der Waals surface area contributed by atoms with E-state index in [0.717, 1.165) is 80.7 Å². The zero-order valence-corrected chi connectivity index (χ0v) is 24.6. The molecule has 0 aliphatic carbocycles. The van der Waals surface area contributed by atoms with Gasteiger partial charge in [0.2, 0.25) is 12.7 Å². The Kier molecular flexibility index (Phi) is 9.12. The number of hydrogen-bond acceptors (Lipinski definition) is 6. The number of likely N-dealkylation sites (tertiary alicyclic amines) is 1. The van der Waals surface area contributed by atoms with E-state index in [9.17, 15) is 9.18 Å². The van der Waals surface area contributed by atoms with Crippen molar-refractivity contribution in [3.63, 3.8) is 0 Å². The Balaban J connectivity index is 1.07. The number of piperazine rings is 1. The van der Waals surface area contributed by atoms with Gasteiger partial charge in [0, 0.05) is 63.3 Å². The monoisotopic (exact) mass is 592 g/mol. The van der Waals surface area contributed by atoms with Crippen LogP contribution in [-0.2, 0) is 17.9 Å². The third-order valence-corrected chi connectivity index (χ3v) is 8.95. The Bertz CT molecular complexity index is 1380. The lowest BCUT2D eigenvalue weighted by atomic mass is 9.86. The standard InChI is InChI=1S/C33H38ClFN4O3/c34-27-5-3-4-25(18-27)21-37-13-12-29(38-14-16-39(17-15-38)30-7-2-1-6-28(30)35)26(22-37)9-11-33(40)36-20-24-8-10-31-32(19-24)42-23-41-31/h1-8,10,18-19,26,29H,9,11-17,20-23H2,(H,36,40)/t26-,29+/m0/s1. The van der Waals surface area contributed by atoms with E-state index in [1.165, 1.54) is 11.6 Å². The summed E-state index contributed by atoms with van der Waals surface area (Å²) < 4.78 is 25.3. The molecule has 0 spiro atoms. The molecule has 2 saturated heterocycles. The zero-order valence-electron chi connectivity index (χ0n) is 23.8. The van der Waals surface area contributed by atoms with Crippen molar-refractivity contribution >= 4 is 23.2 Å². The Morgan fingerprint density at radius 3 is 2.60 bits per heavy atom. The molecule has 3 aromatic rings. The summed E-state index contributed by atoms with van der Waals surface area (Å²) in [6.07, 6.45) is 2.34. The van der Waals surface area contributed by atoms with Crippen LogP contribution in [0.25, 0.3) is 0 Å². The Morgan fingerprint density at radius 2 is 1.76 bits per heavy atom. The molecule has 0 unspecified atom stereocenters. The molecule has 0 saturated carbocycles. The third kappa shape index (κ3) is 7.00. The smallest absolute Gasteiger partial charge is 0.231 e. The van der Waals surface area contributed by atoms with E-state index in [1.54, 1.807) is 6.07 Å². The molecule has 222 valence electrons. The van der Waals surface area contributed by atoms with Crippen LogP contribution in [0.3, 0.4) is 0 Å². The van der Waals surface area contributed by atoms with Crippen LogP contribution in [0.1, 0.15) is 30.4 Å². The average molecular weight is 593 g/mol. The lowest BCUT2D eigenvalue weighted by molar-refractivity contribution is -0.121. The van der Waals surface area contributed by atoms with E-state index < -0.39 is 0 Å². The quantitative estimate of drug-likeness (QED) is 0.363. The van der Waals surface area contributed by atoms with Gasteiger partial charge in [-0.25, -0.2) is 4.39 Å². The number of halogens is 2. The van der Waals surface area contributed by atoms with Gasteiger partial charge in [-0.1, -0.05) is 41.9 Å². The molecule has 3 aliphatic rings. The largest absolute Gasteiger partial charge is 0.454 e. The van der Waals surface area contributed by atoms with Gasteiger partial charge in [-0.2, -0.15) is 0 Å². The molecule has 3 heterocycles. The predicted molar refractivity (Wildman–Crippen MR) is 162 cm³/mol. The first-order chi connectivity index (χ1) is 20.5. The summed E-state index contributed by atoms with van der Waals surface area (Å²) in [7, 11) is 0. The maximum Gasteiger partial charge on any atom is 0.231 e. The van der Waals surface area contributed by atoms with Crippen molar-refractivity contribution in [3.05, 3.63) is 88.7 Å². The van der Waals surface area contributed by atoms with Crippen molar-refractivity contribution in [2.75, 3.05) is 51.0 Å². The summed E-state index contributed by atoms with van der Waals surface area (Å²) in [6, 6.07) is 21.3. The number of nitrogens with zero attached hydrogens (tertiary/aromatic N) is 3. The van der Waals surface area contributed by atoms with Crippen LogP contribution < -0.4 is 19.7 Å². The van der Waals surface area contributed by atoms with Gasteiger partial charge in [-0.3, -0.25) is 14.6 Å². The number of carbonyl (C=O) groups is 1. The summed E-state index contributed by atoms with van der Waals surface area (Å²) in [5, 5.41) is 3.85. The highest BCUT2D eigenvalue weighted by molar-refractivity contribution is 6.30. The Morgan fingerprint density at radius 1 is 0.929 bits per heavy atom. The molecule has 3 aliphatic heterocycles. The zero-order chi connectivity index (χ0) is 28.9. The van der Waals surface area contributed by atoms with E-state index in [1.807, 2.05) is 48.5 Å². The summed E-state index contributed by atoms with van der Waals surface area (Å²) >= 11 is 6.26. The van der Waals surface area contributed by atoms with Crippen molar-refractivity contribution in [2.45, 2.75) is 38.4 Å². The van der Waals surface area contributed by atoms with Gasteiger partial charge in [0.25, 0.3) is 0 Å². The normalized spacial score (nSPS) is 21.0. The van der Waals surface area contributed by atoms with Crippen molar-refractivity contribution in [3.8, 4) is 11.5 Å². The molecule has 0 bridgehead atoms. The maximum absolute atomic E-state index is 14.4. The van der Waals surface area contributed by atoms with Crippen LogP contribution in [0.15, 0.2) is 66.7 Å². The van der Waals surface area contributed by atoms with E-state index in [-0.39, 0.29) is 18.5 Å². The molecule has 1 amide bonds. The molecule has 7 nitrogen and oxygen atoms in total. The summed E-state index contributed by atoms with van der Waals surface area (Å²) in [5.41, 5.74) is 2.88. The van der Waals surface area contributed by atoms with Crippen molar-refractivity contribution in [1.29, 1.82) is 0 Å². The first-order valence-electron chi connectivity index (χ1n) is 14.9. The molecule has 2 atom stereocenters. The number of ether oxygens (including phenoxy) is 2. The van der Waals surface area contributed by atoms with E-state index in [0.29, 0.717) is 30.6 Å².